The molecule has 206 valence electrons. The van der Waals surface area contributed by atoms with E-state index in [1.54, 1.807) is 25.7 Å². The van der Waals surface area contributed by atoms with E-state index in [-0.39, 0.29) is 6.07 Å². The summed E-state index contributed by atoms with van der Waals surface area (Å²) in [6.45, 7) is 7.06. The lowest BCUT2D eigenvalue weighted by atomic mass is 10.0. The Bertz CT molecular complexity index is 986. The molecule has 17 heteroatoms. The fraction of sp³-hybridized carbons (Fsp3) is 0.579. The molecule has 1 aliphatic heterocycles. The minimum Gasteiger partial charge on any atom is -0.443 e. The van der Waals surface area contributed by atoms with E-state index in [2.05, 4.69) is 10.6 Å². The van der Waals surface area contributed by atoms with E-state index in [0.717, 1.165) is 13.1 Å². The van der Waals surface area contributed by atoms with Gasteiger partial charge in [0.05, 0.1) is 11.1 Å². The number of hydrogen-bond acceptors (Lipinski definition) is 6. The van der Waals surface area contributed by atoms with Gasteiger partial charge < -0.3 is 15.0 Å². The van der Waals surface area contributed by atoms with Gasteiger partial charge in [0.2, 0.25) is 0 Å². The highest BCUT2D eigenvalue weighted by molar-refractivity contribution is 7.83. The predicted molar refractivity (Wildman–Crippen MR) is 114 cm³/mol. The van der Waals surface area contributed by atoms with Crippen LogP contribution in [0.1, 0.15) is 37.5 Å². The van der Waals surface area contributed by atoms with E-state index < -0.39 is 63.6 Å². The maximum Gasteiger partial charge on any atom is 0.416 e. The number of nitrogens with one attached hydrogen (secondary N) is 3. The number of rotatable bonds is 3. The van der Waals surface area contributed by atoms with E-state index in [1.165, 1.54) is 4.72 Å². The van der Waals surface area contributed by atoms with Crippen LogP contribution in [-0.2, 0) is 33.9 Å². The third-order valence-electron chi connectivity index (χ3n) is 4.12. The SMILES string of the molecule is CC(C)(C)OC(=O)NC(=O)N1CCNCC1.O=S(=O)(O)NCc1cc(C(F)(F)F)cc(C(F)(F)F)c1. The zero-order valence-corrected chi connectivity index (χ0v) is 20.2. The van der Waals surface area contributed by atoms with Crippen molar-refractivity contribution in [2.75, 3.05) is 26.2 Å². The summed E-state index contributed by atoms with van der Waals surface area (Å²) in [5.41, 5.74) is -4.32. The highest BCUT2D eigenvalue weighted by atomic mass is 32.2. The zero-order valence-electron chi connectivity index (χ0n) is 19.4. The fourth-order valence-corrected chi connectivity index (χ4v) is 2.98. The van der Waals surface area contributed by atoms with Gasteiger partial charge in [-0.25, -0.2) is 14.9 Å². The lowest BCUT2D eigenvalue weighted by Gasteiger charge is -2.27. The Morgan fingerprint density at radius 2 is 1.47 bits per heavy atom. The number of halogens is 6. The Hall–Kier alpha value is -2.63. The minimum atomic E-state index is -5.02. The maximum absolute atomic E-state index is 12.5. The summed E-state index contributed by atoms with van der Waals surface area (Å²) >= 11 is 0. The number of piperazine rings is 1. The lowest BCUT2D eigenvalue weighted by molar-refractivity contribution is -0.143. The van der Waals surface area contributed by atoms with E-state index in [9.17, 15) is 44.3 Å². The number of carbonyl (C=O) groups excluding carboxylic acids is 2. The molecule has 0 unspecified atom stereocenters. The molecule has 0 aromatic heterocycles. The number of amides is 3. The molecule has 0 radical (unpaired) electrons. The summed E-state index contributed by atoms with van der Waals surface area (Å²) in [6, 6.07) is 0.230. The Kier molecular flexibility index (Phi) is 10.5. The summed E-state index contributed by atoms with van der Waals surface area (Å²) in [6.07, 6.45) is -10.7. The normalized spacial score (nSPS) is 15.0. The average Bonchev–Trinajstić information content (AvgIpc) is 2.70. The molecule has 1 fully saturated rings. The van der Waals surface area contributed by atoms with Crippen LogP contribution < -0.4 is 15.4 Å². The molecule has 3 amide bonds. The van der Waals surface area contributed by atoms with Crippen molar-refractivity contribution >= 4 is 22.4 Å². The number of benzene rings is 1. The summed E-state index contributed by atoms with van der Waals surface area (Å²) in [7, 11) is -4.73. The summed E-state index contributed by atoms with van der Waals surface area (Å²) in [5.74, 6) is 0. The standard InChI is InChI=1S/C10H19N3O3.C9H7F6NO3S/c1-10(2,3)16-9(15)12-8(14)13-6-4-11-5-7-13;10-8(11,12)6-1-5(4-16-20(17,18)19)2-7(3-6)9(13,14)15/h11H,4-7H2,1-3H3,(H,12,14,15);1-3,16H,4H2,(H,17,18,19). The monoisotopic (exact) mass is 552 g/mol. The van der Waals surface area contributed by atoms with Crippen molar-refractivity contribution in [2.24, 2.45) is 0 Å². The first-order valence-corrected chi connectivity index (χ1v) is 11.6. The van der Waals surface area contributed by atoms with Gasteiger partial charge in [-0.3, -0.25) is 4.55 Å². The second kappa shape index (κ2) is 12.1. The molecule has 10 nitrogen and oxygen atoms in total. The van der Waals surface area contributed by atoms with Crippen LogP contribution in [0.3, 0.4) is 0 Å². The molecule has 4 N–H and O–H groups in total. The van der Waals surface area contributed by atoms with Gasteiger partial charge in [0.25, 0.3) is 0 Å². The highest BCUT2D eigenvalue weighted by Gasteiger charge is 2.36. The molecule has 1 aliphatic rings. The van der Waals surface area contributed by atoms with Gasteiger partial charge in [-0.05, 0) is 44.5 Å². The molecular weight excluding hydrogens is 526 g/mol. The van der Waals surface area contributed by atoms with E-state index in [4.69, 9.17) is 9.29 Å². The van der Waals surface area contributed by atoms with Crippen molar-refractivity contribution in [1.82, 2.24) is 20.3 Å². The molecule has 36 heavy (non-hydrogen) atoms. The minimum absolute atomic E-state index is 0.0864. The van der Waals surface area contributed by atoms with Crippen LogP contribution in [-0.4, -0.2) is 61.8 Å². The third kappa shape index (κ3) is 12.4. The van der Waals surface area contributed by atoms with E-state index in [1.807, 2.05) is 0 Å². The van der Waals surface area contributed by atoms with Crippen molar-refractivity contribution in [3.63, 3.8) is 0 Å². The van der Waals surface area contributed by atoms with Gasteiger partial charge in [0, 0.05) is 32.7 Å². The van der Waals surface area contributed by atoms with Crippen LogP contribution >= 0.6 is 0 Å². The van der Waals surface area contributed by atoms with E-state index >= 15 is 0 Å². The number of imide groups is 1. The van der Waals surface area contributed by atoms with Crippen LogP contribution in [0.5, 0.6) is 0 Å². The number of alkyl carbamates (subject to hydrolysis) is 1. The van der Waals surface area contributed by atoms with Crippen molar-refractivity contribution in [2.45, 2.75) is 45.3 Å². The first kappa shape index (κ1) is 31.4. The lowest BCUT2D eigenvalue weighted by Crippen LogP contribution is -2.52. The molecule has 1 aromatic carbocycles. The molecule has 0 saturated carbocycles. The number of ether oxygens (including phenoxy) is 1. The van der Waals surface area contributed by atoms with Crippen LogP contribution in [0, 0.1) is 0 Å². The quantitative estimate of drug-likeness (QED) is 0.334. The van der Waals surface area contributed by atoms with E-state index in [0.29, 0.717) is 25.2 Å². The third-order valence-corrected chi connectivity index (χ3v) is 4.63. The first-order chi connectivity index (χ1) is 16.2. The van der Waals surface area contributed by atoms with Gasteiger partial charge in [-0.2, -0.15) is 39.5 Å². The van der Waals surface area contributed by atoms with Gasteiger partial charge in [-0.15, -0.1) is 0 Å². The Morgan fingerprint density at radius 3 is 1.86 bits per heavy atom. The van der Waals surface area contributed by atoms with Crippen molar-refractivity contribution in [3.05, 3.63) is 34.9 Å². The van der Waals surface area contributed by atoms with Crippen molar-refractivity contribution < 1.29 is 53.6 Å². The number of carbonyl (C=O) groups is 2. The van der Waals surface area contributed by atoms with Crippen LogP contribution in [0.15, 0.2) is 18.2 Å². The summed E-state index contributed by atoms with van der Waals surface area (Å²) in [5, 5.41) is 5.33. The topological polar surface area (TPSA) is 137 Å². The van der Waals surface area contributed by atoms with Crippen molar-refractivity contribution in [1.29, 1.82) is 0 Å². The average molecular weight is 552 g/mol. The molecule has 2 rings (SSSR count). The second-order valence-corrected chi connectivity index (χ2v) is 9.62. The number of hydrogen-bond donors (Lipinski definition) is 4. The summed E-state index contributed by atoms with van der Waals surface area (Å²) in [4.78, 5) is 24.5. The zero-order chi connectivity index (χ0) is 27.9. The van der Waals surface area contributed by atoms with Gasteiger partial charge >= 0.3 is 34.8 Å². The molecular formula is C19H26F6N4O6S. The van der Waals surface area contributed by atoms with Gasteiger partial charge in [0.1, 0.15) is 5.60 Å². The maximum atomic E-state index is 12.5. The Labute approximate surface area is 203 Å². The van der Waals surface area contributed by atoms with Crippen LogP contribution in [0.2, 0.25) is 0 Å². The molecule has 0 aliphatic carbocycles. The second-order valence-electron chi connectivity index (χ2n) is 8.38. The first-order valence-electron chi connectivity index (χ1n) is 10.2. The molecule has 0 spiro atoms. The molecule has 0 bridgehead atoms. The smallest absolute Gasteiger partial charge is 0.416 e. The highest BCUT2D eigenvalue weighted by Crippen LogP contribution is 2.36. The van der Waals surface area contributed by atoms with Crippen LogP contribution in [0.4, 0.5) is 35.9 Å². The molecule has 1 heterocycles. The fourth-order valence-electron chi connectivity index (χ4n) is 2.63. The van der Waals surface area contributed by atoms with Gasteiger partial charge in [0.15, 0.2) is 0 Å². The largest absolute Gasteiger partial charge is 0.443 e. The molecule has 1 aromatic rings. The number of nitrogens with zero attached hydrogens (tertiary/aromatic N) is 1. The number of urea groups is 1. The molecule has 0 atom stereocenters. The Balaban J connectivity index is 0.000000369. The molecule has 1 saturated heterocycles. The van der Waals surface area contributed by atoms with Crippen LogP contribution in [0.25, 0.3) is 0 Å². The summed E-state index contributed by atoms with van der Waals surface area (Å²) < 4.78 is 110. The van der Waals surface area contributed by atoms with Crippen molar-refractivity contribution in [3.8, 4) is 0 Å². The van der Waals surface area contributed by atoms with Gasteiger partial charge in [-0.1, -0.05) is 0 Å². The number of alkyl halides is 6. The Morgan fingerprint density at radius 1 is 1.00 bits per heavy atom. The predicted octanol–water partition coefficient (Wildman–Crippen LogP) is 3.15.